The van der Waals surface area contributed by atoms with Crippen molar-refractivity contribution in [3.63, 3.8) is 0 Å². The maximum Gasteiger partial charge on any atom is 0.416 e. The Morgan fingerprint density at radius 2 is 1.95 bits per heavy atom. The zero-order chi connectivity index (χ0) is 28.2. The van der Waals surface area contributed by atoms with Crippen LogP contribution in [0.4, 0.5) is 23.2 Å². The molecule has 0 atom stereocenters. The molecule has 0 spiro atoms. The van der Waals surface area contributed by atoms with Crippen molar-refractivity contribution in [2.24, 2.45) is 5.92 Å². The number of carbonyl (C=O) groups excluding carboxylic acids is 1. The van der Waals surface area contributed by atoms with E-state index in [9.17, 15) is 22.4 Å². The van der Waals surface area contributed by atoms with E-state index < -0.39 is 29.7 Å². The number of halogens is 4. The van der Waals surface area contributed by atoms with Crippen molar-refractivity contribution in [3.05, 3.63) is 64.2 Å². The van der Waals surface area contributed by atoms with Gasteiger partial charge < -0.3 is 15.1 Å². The van der Waals surface area contributed by atoms with Crippen molar-refractivity contribution in [3.8, 4) is 0 Å². The first-order chi connectivity index (χ1) is 18.4. The lowest BCUT2D eigenvalue weighted by molar-refractivity contribution is -0.138. The van der Waals surface area contributed by atoms with E-state index in [-0.39, 0.29) is 41.5 Å². The average Bonchev–Trinajstić information content (AvgIpc) is 3.20. The second-order valence-corrected chi connectivity index (χ2v) is 11.5. The Morgan fingerprint density at radius 3 is 2.54 bits per heavy atom. The van der Waals surface area contributed by atoms with Gasteiger partial charge in [-0.15, -0.1) is 0 Å². The maximum atomic E-state index is 14.1. The fourth-order valence-corrected chi connectivity index (χ4v) is 6.21. The second kappa shape index (κ2) is 9.73. The molecule has 2 aromatic carbocycles. The summed E-state index contributed by atoms with van der Waals surface area (Å²) in [7, 11) is 1.58. The molecule has 0 bridgehead atoms. The maximum absolute atomic E-state index is 14.1. The highest BCUT2D eigenvalue weighted by molar-refractivity contribution is 6.10. The second-order valence-electron chi connectivity index (χ2n) is 11.5. The number of carbonyl (C=O) groups is 1. The van der Waals surface area contributed by atoms with Crippen molar-refractivity contribution >= 4 is 23.8 Å². The summed E-state index contributed by atoms with van der Waals surface area (Å²) in [6.45, 7) is 1.57. The van der Waals surface area contributed by atoms with Crippen LogP contribution in [0.1, 0.15) is 71.6 Å². The van der Waals surface area contributed by atoms with Crippen LogP contribution in [0.3, 0.4) is 0 Å². The van der Waals surface area contributed by atoms with Gasteiger partial charge in [0.25, 0.3) is 5.91 Å². The molecule has 3 N–H and O–H groups in total. The van der Waals surface area contributed by atoms with Crippen LogP contribution in [0.25, 0.3) is 0 Å². The number of benzene rings is 2. The first-order valence-corrected chi connectivity index (χ1v) is 13.2. The summed E-state index contributed by atoms with van der Waals surface area (Å²) in [6.07, 6.45) is 0.190. The molecule has 1 heterocycles. The van der Waals surface area contributed by atoms with Gasteiger partial charge in [0, 0.05) is 30.4 Å². The lowest BCUT2D eigenvalue weighted by Gasteiger charge is -2.49. The fraction of sp³-hybridized carbons (Fsp3) is 0.483. The van der Waals surface area contributed by atoms with E-state index in [4.69, 9.17) is 10.8 Å². The molecule has 2 fully saturated rings. The van der Waals surface area contributed by atoms with E-state index in [1.165, 1.54) is 9.80 Å². The van der Waals surface area contributed by atoms with E-state index in [1.54, 1.807) is 37.4 Å². The number of likely N-dealkylation sites (N-methyl/N-ethyl adjacent to an activating group) is 1. The lowest BCUT2D eigenvalue weighted by Crippen LogP contribution is -2.53. The summed E-state index contributed by atoms with van der Waals surface area (Å²) < 4.78 is 55.8. The Hall–Kier alpha value is -3.27. The molecule has 0 unspecified atom stereocenters. The van der Waals surface area contributed by atoms with Crippen LogP contribution in [0.2, 0.25) is 0 Å². The van der Waals surface area contributed by atoms with E-state index in [0.29, 0.717) is 29.7 Å². The minimum Gasteiger partial charge on any atom is -0.324 e. The zero-order valence-corrected chi connectivity index (χ0v) is 22.1. The molecule has 2 aromatic rings. The van der Waals surface area contributed by atoms with E-state index >= 15 is 0 Å². The molecule has 1 aliphatic heterocycles. The molecule has 3 aliphatic rings. The number of rotatable bonds is 8. The van der Waals surface area contributed by atoms with E-state index in [2.05, 4.69) is 12.2 Å². The van der Waals surface area contributed by atoms with Crippen molar-refractivity contribution in [1.82, 2.24) is 10.2 Å². The lowest BCUT2D eigenvalue weighted by atomic mass is 9.58. The summed E-state index contributed by atoms with van der Waals surface area (Å²) in [5.74, 6) is -0.568. The van der Waals surface area contributed by atoms with Crippen LogP contribution in [0.15, 0.2) is 36.4 Å². The van der Waals surface area contributed by atoms with E-state index in [1.807, 2.05) is 0 Å². The molecule has 0 radical (unpaired) electrons. The molecular weight excluding hydrogens is 510 g/mol. The van der Waals surface area contributed by atoms with Gasteiger partial charge in [0.15, 0.2) is 0 Å². The van der Waals surface area contributed by atoms with Crippen molar-refractivity contribution in [1.29, 1.82) is 10.8 Å². The van der Waals surface area contributed by atoms with Gasteiger partial charge in [-0.1, -0.05) is 12.1 Å². The largest absolute Gasteiger partial charge is 0.416 e. The van der Waals surface area contributed by atoms with Crippen LogP contribution in [-0.2, 0) is 24.7 Å². The Labute approximate surface area is 225 Å². The van der Waals surface area contributed by atoms with E-state index in [0.717, 1.165) is 31.7 Å². The van der Waals surface area contributed by atoms with Gasteiger partial charge in [0.05, 0.1) is 30.5 Å². The van der Waals surface area contributed by atoms with Gasteiger partial charge in [-0.25, -0.2) is 0 Å². The third-order valence-corrected chi connectivity index (χ3v) is 8.79. The summed E-state index contributed by atoms with van der Waals surface area (Å²) >= 11 is 0. The molecule has 10 heteroatoms. The smallest absolute Gasteiger partial charge is 0.324 e. The molecule has 5 rings (SSSR count). The number of hydrogen-bond acceptors (Lipinski definition) is 4. The number of alkyl halides is 4. The average molecular weight is 544 g/mol. The first kappa shape index (κ1) is 27.3. The SMILES string of the molecule is CN(C=N)C(=N)C1(c2cccc(N3Cc4c(cc(CNC5(C)CCC5)cc4C(F)(F)F)C3=O)c2)CC(CF)C1. The number of amides is 1. The molecule has 6 nitrogen and oxygen atoms in total. The van der Waals surface area contributed by atoms with Gasteiger partial charge in [-0.2, -0.15) is 13.2 Å². The molecule has 208 valence electrons. The van der Waals surface area contributed by atoms with Crippen LogP contribution in [0.5, 0.6) is 0 Å². The Morgan fingerprint density at radius 1 is 1.23 bits per heavy atom. The van der Waals surface area contributed by atoms with Crippen molar-refractivity contribution in [2.75, 3.05) is 18.6 Å². The minimum absolute atomic E-state index is 0.0383. The molecule has 0 aromatic heterocycles. The number of nitrogens with zero attached hydrogens (tertiary/aromatic N) is 2. The topological polar surface area (TPSA) is 83.3 Å². The number of fused-ring (bicyclic) bond motifs is 1. The van der Waals surface area contributed by atoms with Crippen LogP contribution in [0, 0.1) is 16.7 Å². The summed E-state index contributed by atoms with van der Waals surface area (Å²) in [6, 6.07) is 9.61. The quantitative estimate of drug-likeness (QED) is 0.216. The third-order valence-electron chi connectivity index (χ3n) is 8.79. The number of nitrogens with one attached hydrogen (secondary N) is 3. The summed E-state index contributed by atoms with van der Waals surface area (Å²) in [4.78, 5) is 16.2. The monoisotopic (exact) mass is 543 g/mol. The first-order valence-electron chi connectivity index (χ1n) is 13.2. The van der Waals surface area contributed by atoms with Gasteiger partial charge in [0.1, 0.15) is 5.84 Å². The number of amidine groups is 1. The molecule has 2 aliphatic carbocycles. The fourth-order valence-electron chi connectivity index (χ4n) is 6.21. The number of anilines is 1. The number of hydrogen-bond donors (Lipinski definition) is 3. The van der Waals surface area contributed by atoms with Crippen LogP contribution in [-0.4, -0.2) is 42.2 Å². The highest BCUT2D eigenvalue weighted by Gasteiger charge is 2.50. The molecular formula is C29H33F4N5O. The molecule has 1 amide bonds. The highest BCUT2D eigenvalue weighted by atomic mass is 19.4. The zero-order valence-electron chi connectivity index (χ0n) is 22.1. The predicted octanol–water partition coefficient (Wildman–Crippen LogP) is 6.03. The standard InChI is InChI=1S/C29H33F4N5O/c1-27(7-4-8-27)36-15-18-9-22-23(24(10-18)29(31,32)33)16-38(25(22)39)21-6-3-5-20(11-21)28(12-19(13-28)14-30)26(35)37(2)17-34/h3,5-6,9-11,17,19,34-36H,4,7-8,12-16H2,1-2H3. The Balaban J connectivity index is 1.47. The third kappa shape index (κ3) is 4.73. The van der Waals surface area contributed by atoms with Gasteiger partial charge >= 0.3 is 6.18 Å². The van der Waals surface area contributed by atoms with Crippen molar-refractivity contribution < 1.29 is 22.4 Å². The van der Waals surface area contributed by atoms with Gasteiger partial charge in [0.2, 0.25) is 0 Å². The van der Waals surface area contributed by atoms with Crippen molar-refractivity contribution in [2.45, 2.75) is 69.2 Å². The Kier molecular flexibility index (Phi) is 6.81. The van der Waals surface area contributed by atoms with Gasteiger partial charge in [-0.3, -0.25) is 20.0 Å². The summed E-state index contributed by atoms with van der Waals surface area (Å²) in [5, 5.41) is 19.6. The predicted molar refractivity (Wildman–Crippen MR) is 142 cm³/mol. The Bertz CT molecular complexity index is 1310. The van der Waals surface area contributed by atoms with Gasteiger partial charge in [-0.05, 0) is 85.9 Å². The normalized spacial score (nSPS) is 23.6. The molecule has 39 heavy (non-hydrogen) atoms. The van der Waals surface area contributed by atoms with Crippen LogP contribution < -0.4 is 10.2 Å². The molecule has 0 saturated heterocycles. The highest BCUT2D eigenvalue weighted by Crippen LogP contribution is 2.50. The van der Waals surface area contributed by atoms with Crippen LogP contribution >= 0.6 is 0 Å². The molecule has 2 saturated carbocycles. The minimum atomic E-state index is -4.61. The summed E-state index contributed by atoms with van der Waals surface area (Å²) in [5.41, 5.74) is -0.167.